The smallest absolute Gasteiger partial charge is 0.346 e. The van der Waals surface area contributed by atoms with Crippen LogP contribution in [0.15, 0.2) is 24.3 Å². The maximum atomic E-state index is 13.8. The number of benzene rings is 1. The van der Waals surface area contributed by atoms with E-state index in [-0.39, 0.29) is 16.2 Å². The standard InChI is InChI=1S/C14H12FNO4S/c1-7-6-10(21-12(7)14(18)19)16-13(17)11-8(15)4-3-5-9(11)20-2/h3-6H,1-2H3,(H,16,17)(H,18,19). The van der Waals surface area contributed by atoms with Crippen LogP contribution in [0.2, 0.25) is 0 Å². The minimum atomic E-state index is -1.07. The van der Waals surface area contributed by atoms with Gasteiger partial charge in [0.05, 0.1) is 12.1 Å². The molecular weight excluding hydrogens is 297 g/mol. The molecule has 1 aromatic heterocycles. The average Bonchev–Trinajstić information content (AvgIpc) is 2.79. The summed E-state index contributed by atoms with van der Waals surface area (Å²) in [6.45, 7) is 1.62. The molecule has 0 atom stereocenters. The van der Waals surface area contributed by atoms with Gasteiger partial charge in [0, 0.05) is 0 Å². The van der Waals surface area contributed by atoms with Crippen molar-refractivity contribution in [1.82, 2.24) is 0 Å². The molecule has 0 fully saturated rings. The summed E-state index contributed by atoms with van der Waals surface area (Å²) < 4.78 is 18.7. The first-order chi connectivity index (χ1) is 9.93. The monoisotopic (exact) mass is 309 g/mol. The van der Waals surface area contributed by atoms with E-state index in [0.717, 1.165) is 17.4 Å². The number of carboxylic acid groups (broad SMARTS) is 1. The van der Waals surface area contributed by atoms with Crippen molar-refractivity contribution in [1.29, 1.82) is 0 Å². The van der Waals surface area contributed by atoms with Gasteiger partial charge in [-0.05, 0) is 30.7 Å². The van der Waals surface area contributed by atoms with Gasteiger partial charge < -0.3 is 15.2 Å². The third-order valence-corrected chi connectivity index (χ3v) is 3.91. The number of aromatic carboxylic acids is 1. The van der Waals surface area contributed by atoms with E-state index in [1.54, 1.807) is 6.92 Å². The van der Waals surface area contributed by atoms with Gasteiger partial charge in [-0.1, -0.05) is 6.07 Å². The Kier molecular flexibility index (Phi) is 4.23. The lowest BCUT2D eigenvalue weighted by atomic mass is 10.1. The number of carbonyl (C=O) groups excluding carboxylic acids is 1. The summed E-state index contributed by atoms with van der Waals surface area (Å²) in [7, 11) is 1.34. The quantitative estimate of drug-likeness (QED) is 0.909. The normalized spacial score (nSPS) is 10.2. The molecule has 1 amide bonds. The van der Waals surface area contributed by atoms with E-state index in [2.05, 4.69) is 5.32 Å². The molecule has 0 unspecified atom stereocenters. The van der Waals surface area contributed by atoms with Crippen LogP contribution in [-0.4, -0.2) is 24.1 Å². The molecule has 2 aromatic rings. The Morgan fingerprint density at radius 3 is 2.67 bits per heavy atom. The second-order valence-electron chi connectivity index (χ2n) is 4.20. The lowest BCUT2D eigenvalue weighted by Crippen LogP contribution is -2.14. The molecule has 110 valence electrons. The third kappa shape index (κ3) is 3.03. The molecule has 0 saturated carbocycles. The highest BCUT2D eigenvalue weighted by Crippen LogP contribution is 2.28. The van der Waals surface area contributed by atoms with Crippen LogP contribution < -0.4 is 10.1 Å². The summed E-state index contributed by atoms with van der Waals surface area (Å²) in [5, 5.41) is 11.8. The van der Waals surface area contributed by atoms with Crippen molar-refractivity contribution < 1.29 is 23.8 Å². The number of thiophene rings is 1. The van der Waals surface area contributed by atoms with Crippen molar-refractivity contribution in [2.75, 3.05) is 12.4 Å². The Hall–Kier alpha value is -2.41. The van der Waals surface area contributed by atoms with Crippen LogP contribution in [0.4, 0.5) is 9.39 Å². The maximum absolute atomic E-state index is 13.8. The summed E-state index contributed by atoms with van der Waals surface area (Å²) in [5.41, 5.74) is 0.311. The zero-order valence-corrected chi connectivity index (χ0v) is 12.1. The molecule has 0 aliphatic heterocycles. The minimum absolute atomic E-state index is 0.110. The molecule has 2 N–H and O–H groups in total. The van der Waals surface area contributed by atoms with E-state index < -0.39 is 17.7 Å². The molecule has 0 aliphatic carbocycles. The summed E-state index contributed by atoms with van der Waals surface area (Å²) in [5.74, 6) is -2.36. The molecule has 0 bridgehead atoms. The van der Waals surface area contributed by atoms with Crippen LogP contribution in [0, 0.1) is 12.7 Å². The Morgan fingerprint density at radius 1 is 1.38 bits per heavy atom. The van der Waals surface area contributed by atoms with Crippen LogP contribution in [0.5, 0.6) is 5.75 Å². The lowest BCUT2D eigenvalue weighted by molar-refractivity contribution is 0.0701. The van der Waals surface area contributed by atoms with E-state index in [1.165, 1.54) is 25.3 Å². The Labute approximate surface area is 124 Å². The fourth-order valence-electron chi connectivity index (χ4n) is 1.83. The van der Waals surface area contributed by atoms with Gasteiger partial charge in [-0.3, -0.25) is 4.79 Å². The van der Waals surface area contributed by atoms with Crippen LogP contribution in [0.25, 0.3) is 0 Å². The fraction of sp³-hybridized carbons (Fsp3) is 0.143. The Balaban J connectivity index is 2.31. The predicted molar refractivity (Wildman–Crippen MR) is 76.9 cm³/mol. The number of halogens is 1. The highest BCUT2D eigenvalue weighted by atomic mass is 32.1. The van der Waals surface area contributed by atoms with E-state index in [9.17, 15) is 14.0 Å². The van der Waals surface area contributed by atoms with Gasteiger partial charge in [0.1, 0.15) is 22.0 Å². The minimum Gasteiger partial charge on any atom is -0.496 e. The molecule has 1 aromatic carbocycles. The number of anilines is 1. The van der Waals surface area contributed by atoms with Crippen LogP contribution in [-0.2, 0) is 0 Å². The SMILES string of the molecule is COc1cccc(F)c1C(=O)Nc1cc(C)c(C(=O)O)s1. The Morgan fingerprint density at radius 2 is 2.10 bits per heavy atom. The van der Waals surface area contributed by atoms with Crippen molar-refractivity contribution in [3.8, 4) is 5.75 Å². The zero-order chi connectivity index (χ0) is 15.6. The number of amides is 1. The molecule has 0 aliphatic rings. The van der Waals surface area contributed by atoms with Gasteiger partial charge in [-0.2, -0.15) is 0 Å². The number of ether oxygens (including phenoxy) is 1. The first-order valence-corrected chi connectivity index (χ1v) is 6.73. The molecule has 5 nitrogen and oxygen atoms in total. The molecule has 2 rings (SSSR count). The largest absolute Gasteiger partial charge is 0.496 e. The second-order valence-corrected chi connectivity index (χ2v) is 5.25. The lowest BCUT2D eigenvalue weighted by Gasteiger charge is -2.08. The number of carboxylic acids is 1. The number of carbonyl (C=O) groups is 2. The summed E-state index contributed by atoms with van der Waals surface area (Å²) in [6, 6.07) is 5.59. The van der Waals surface area contributed by atoms with Crippen molar-refractivity contribution in [3.63, 3.8) is 0 Å². The fourth-order valence-corrected chi connectivity index (χ4v) is 2.73. The molecule has 0 spiro atoms. The van der Waals surface area contributed by atoms with Gasteiger partial charge in [-0.25, -0.2) is 9.18 Å². The van der Waals surface area contributed by atoms with Gasteiger partial charge >= 0.3 is 5.97 Å². The summed E-state index contributed by atoms with van der Waals surface area (Å²) in [4.78, 5) is 23.2. The molecule has 0 saturated heterocycles. The van der Waals surface area contributed by atoms with Crippen molar-refractivity contribution in [3.05, 3.63) is 46.1 Å². The first-order valence-electron chi connectivity index (χ1n) is 5.91. The second kappa shape index (κ2) is 5.92. The zero-order valence-electron chi connectivity index (χ0n) is 11.3. The average molecular weight is 309 g/mol. The number of methoxy groups -OCH3 is 1. The van der Waals surface area contributed by atoms with Crippen molar-refractivity contribution >= 4 is 28.2 Å². The van der Waals surface area contributed by atoms with E-state index in [0.29, 0.717) is 10.6 Å². The number of hydrogen-bond acceptors (Lipinski definition) is 4. The van der Waals surface area contributed by atoms with E-state index in [1.807, 2.05) is 0 Å². The Bertz CT molecular complexity index is 711. The van der Waals surface area contributed by atoms with Crippen molar-refractivity contribution in [2.24, 2.45) is 0 Å². The van der Waals surface area contributed by atoms with E-state index in [4.69, 9.17) is 9.84 Å². The van der Waals surface area contributed by atoms with Crippen LogP contribution >= 0.6 is 11.3 Å². The molecular formula is C14H12FNO4S. The topological polar surface area (TPSA) is 75.6 Å². The van der Waals surface area contributed by atoms with Gasteiger partial charge in [0.15, 0.2) is 0 Å². The van der Waals surface area contributed by atoms with Gasteiger partial charge in [-0.15, -0.1) is 11.3 Å². The molecule has 0 radical (unpaired) electrons. The highest BCUT2D eigenvalue weighted by Gasteiger charge is 2.19. The maximum Gasteiger partial charge on any atom is 0.346 e. The molecule has 7 heteroatoms. The predicted octanol–water partition coefficient (Wildman–Crippen LogP) is 3.15. The van der Waals surface area contributed by atoms with Crippen LogP contribution in [0.1, 0.15) is 25.6 Å². The number of aryl methyl sites for hydroxylation is 1. The molecule has 21 heavy (non-hydrogen) atoms. The van der Waals surface area contributed by atoms with Gasteiger partial charge in [0.25, 0.3) is 5.91 Å². The first kappa shape index (κ1) is 15.0. The number of hydrogen-bond donors (Lipinski definition) is 2. The molecule has 1 heterocycles. The van der Waals surface area contributed by atoms with Gasteiger partial charge in [0.2, 0.25) is 0 Å². The summed E-state index contributed by atoms with van der Waals surface area (Å²) in [6.07, 6.45) is 0. The highest BCUT2D eigenvalue weighted by molar-refractivity contribution is 7.18. The third-order valence-electron chi connectivity index (χ3n) is 2.77. The van der Waals surface area contributed by atoms with Crippen LogP contribution in [0.3, 0.4) is 0 Å². The number of nitrogens with one attached hydrogen (secondary N) is 1. The summed E-state index contributed by atoms with van der Waals surface area (Å²) >= 11 is 0.915. The van der Waals surface area contributed by atoms with E-state index >= 15 is 0 Å². The van der Waals surface area contributed by atoms with Crippen molar-refractivity contribution in [2.45, 2.75) is 6.92 Å². The number of rotatable bonds is 4.